The van der Waals surface area contributed by atoms with Gasteiger partial charge in [-0.2, -0.15) is 5.26 Å². The Kier molecular flexibility index (Phi) is 8.43. The van der Waals surface area contributed by atoms with Crippen LogP contribution in [-0.2, 0) is 9.53 Å². The van der Waals surface area contributed by atoms with Crippen molar-refractivity contribution in [3.63, 3.8) is 0 Å². The smallest absolute Gasteiger partial charge is 0.223 e. The Morgan fingerprint density at radius 1 is 1.15 bits per heavy atom. The second kappa shape index (κ2) is 10.8. The molecule has 1 heterocycles. The molecule has 0 radical (unpaired) electrons. The van der Waals surface area contributed by atoms with Gasteiger partial charge in [0.1, 0.15) is 0 Å². The van der Waals surface area contributed by atoms with Crippen LogP contribution in [0.4, 0.5) is 0 Å². The number of nitriles is 1. The predicted molar refractivity (Wildman–Crippen MR) is 104 cm³/mol. The van der Waals surface area contributed by atoms with Crippen molar-refractivity contribution >= 4 is 11.7 Å². The van der Waals surface area contributed by atoms with Gasteiger partial charge in [-0.3, -0.25) is 14.5 Å². The van der Waals surface area contributed by atoms with E-state index in [1.54, 1.807) is 4.90 Å². The van der Waals surface area contributed by atoms with Crippen LogP contribution in [0.25, 0.3) is 0 Å². The number of hydrogen-bond donors (Lipinski definition) is 0. The molecule has 6 nitrogen and oxygen atoms in total. The molecule has 1 fully saturated rings. The van der Waals surface area contributed by atoms with Gasteiger partial charge in [-0.05, 0) is 31.0 Å². The van der Waals surface area contributed by atoms with E-state index in [1.165, 1.54) is 0 Å². The van der Waals surface area contributed by atoms with Crippen LogP contribution in [0.15, 0.2) is 18.2 Å². The average molecular weight is 371 g/mol. The molecule has 2 rings (SSSR count). The lowest BCUT2D eigenvalue weighted by molar-refractivity contribution is -0.131. The minimum Gasteiger partial charge on any atom is -0.379 e. The van der Waals surface area contributed by atoms with Crippen molar-refractivity contribution in [3.8, 4) is 6.07 Å². The Morgan fingerprint density at radius 2 is 1.89 bits per heavy atom. The Labute approximate surface area is 161 Å². The molecular formula is C21H29N3O3. The molecular weight excluding hydrogens is 342 g/mol. The maximum atomic E-state index is 12.6. The summed E-state index contributed by atoms with van der Waals surface area (Å²) in [5.41, 5.74) is 2.88. The van der Waals surface area contributed by atoms with E-state index < -0.39 is 0 Å². The first kappa shape index (κ1) is 21.1. The number of ether oxygens (including phenoxy) is 1. The molecule has 6 heteroatoms. The lowest BCUT2D eigenvalue weighted by atomic mass is 10.0. The van der Waals surface area contributed by atoms with Crippen LogP contribution in [0.2, 0.25) is 0 Å². The fourth-order valence-electron chi connectivity index (χ4n) is 3.07. The number of rotatable bonds is 9. The zero-order valence-corrected chi connectivity index (χ0v) is 16.4. The number of aryl methyl sites for hydroxylation is 2. The van der Waals surface area contributed by atoms with Gasteiger partial charge in [0.15, 0.2) is 5.78 Å². The van der Waals surface area contributed by atoms with Gasteiger partial charge in [-0.1, -0.05) is 12.1 Å². The zero-order chi connectivity index (χ0) is 19.6. The Bertz CT molecular complexity index is 690. The molecule has 0 aliphatic carbocycles. The van der Waals surface area contributed by atoms with E-state index in [0.29, 0.717) is 25.1 Å². The third-order valence-electron chi connectivity index (χ3n) is 5.03. The van der Waals surface area contributed by atoms with E-state index >= 15 is 0 Å². The number of nitrogens with zero attached hydrogens (tertiary/aromatic N) is 3. The fraction of sp³-hybridized carbons (Fsp3) is 0.571. The molecule has 1 aromatic rings. The second-order valence-electron chi connectivity index (χ2n) is 6.97. The normalized spacial score (nSPS) is 14.6. The largest absolute Gasteiger partial charge is 0.379 e. The molecule has 27 heavy (non-hydrogen) atoms. The fourth-order valence-corrected chi connectivity index (χ4v) is 3.07. The first-order chi connectivity index (χ1) is 13.0. The molecule has 146 valence electrons. The quantitative estimate of drug-likeness (QED) is 0.623. The molecule has 0 aromatic heterocycles. The van der Waals surface area contributed by atoms with Crippen LogP contribution in [0.1, 0.15) is 40.7 Å². The number of hydrogen-bond acceptors (Lipinski definition) is 5. The van der Waals surface area contributed by atoms with Crippen LogP contribution in [0.3, 0.4) is 0 Å². The van der Waals surface area contributed by atoms with E-state index in [0.717, 1.165) is 44.0 Å². The number of benzene rings is 1. The van der Waals surface area contributed by atoms with Crippen molar-refractivity contribution in [3.05, 3.63) is 34.9 Å². The molecule has 0 saturated carbocycles. The summed E-state index contributed by atoms with van der Waals surface area (Å²) >= 11 is 0. The van der Waals surface area contributed by atoms with Gasteiger partial charge in [0, 0.05) is 51.1 Å². The molecule has 1 amide bonds. The van der Waals surface area contributed by atoms with Gasteiger partial charge in [0.05, 0.1) is 25.7 Å². The molecule has 1 aliphatic rings. The Hall–Kier alpha value is -2.23. The summed E-state index contributed by atoms with van der Waals surface area (Å²) in [6.07, 6.45) is 0.683. The van der Waals surface area contributed by atoms with Gasteiger partial charge in [0.25, 0.3) is 0 Å². The minimum atomic E-state index is -0.0595. The van der Waals surface area contributed by atoms with E-state index in [1.807, 2.05) is 32.0 Å². The van der Waals surface area contributed by atoms with Gasteiger partial charge < -0.3 is 9.64 Å². The van der Waals surface area contributed by atoms with Crippen molar-refractivity contribution in [1.29, 1.82) is 5.26 Å². The first-order valence-electron chi connectivity index (χ1n) is 9.56. The minimum absolute atomic E-state index is 0.0140. The molecule has 0 N–H and O–H groups in total. The van der Waals surface area contributed by atoms with Crippen LogP contribution < -0.4 is 0 Å². The van der Waals surface area contributed by atoms with Crippen molar-refractivity contribution in [2.75, 3.05) is 45.9 Å². The second-order valence-corrected chi connectivity index (χ2v) is 6.97. The molecule has 0 atom stereocenters. The highest BCUT2D eigenvalue weighted by atomic mass is 16.5. The average Bonchev–Trinajstić information content (AvgIpc) is 2.68. The molecule has 1 aliphatic heterocycles. The molecule has 0 unspecified atom stereocenters. The first-order valence-corrected chi connectivity index (χ1v) is 9.56. The highest BCUT2D eigenvalue weighted by molar-refractivity contribution is 5.98. The standard InChI is InChI=1S/C21H29N3O3/c1-17-4-5-19(16-18(17)2)20(25)6-7-21(26)24(9-3-8-22)11-10-23-12-14-27-15-13-23/h4-5,16H,3,6-7,9-15H2,1-2H3. The SMILES string of the molecule is Cc1ccc(C(=O)CCC(=O)N(CCC#N)CCN2CCOCC2)cc1C. The summed E-state index contributed by atoms with van der Waals surface area (Å²) in [7, 11) is 0. The number of ketones is 1. The van der Waals surface area contributed by atoms with Crippen molar-refractivity contribution < 1.29 is 14.3 Å². The number of Topliss-reactive ketones (excluding diaryl/α,β-unsaturated/α-hetero) is 1. The van der Waals surface area contributed by atoms with Crippen LogP contribution in [0.5, 0.6) is 0 Å². The predicted octanol–water partition coefficient (Wildman–Crippen LogP) is 2.34. The number of carbonyl (C=O) groups excluding carboxylic acids is 2. The van der Waals surface area contributed by atoms with E-state index in [-0.39, 0.29) is 24.5 Å². The number of morpholine rings is 1. The summed E-state index contributed by atoms with van der Waals surface area (Å²) in [4.78, 5) is 29.0. The summed E-state index contributed by atoms with van der Waals surface area (Å²) in [6, 6.07) is 7.74. The van der Waals surface area contributed by atoms with Gasteiger partial charge >= 0.3 is 0 Å². The van der Waals surface area contributed by atoms with Gasteiger partial charge in [-0.25, -0.2) is 0 Å². The topological polar surface area (TPSA) is 73.6 Å². The van der Waals surface area contributed by atoms with Crippen molar-refractivity contribution in [2.24, 2.45) is 0 Å². The van der Waals surface area contributed by atoms with Crippen LogP contribution >= 0.6 is 0 Å². The van der Waals surface area contributed by atoms with Gasteiger partial charge in [0.2, 0.25) is 5.91 Å². The Morgan fingerprint density at radius 3 is 2.56 bits per heavy atom. The number of amides is 1. The van der Waals surface area contributed by atoms with Gasteiger partial charge in [-0.15, -0.1) is 0 Å². The van der Waals surface area contributed by atoms with Crippen molar-refractivity contribution in [2.45, 2.75) is 33.1 Å². The van der Waals surface area contributed by atoms with E-state index in [9.17, 15) is 9.59 Å². The summed E-state index contributed by atoms with van der Waals surface area (Å²) < 4.78 is 5.34. The maximum Gasteiger partial charge on any atom is 0.223 e. The molecule has 1 aromatic carbocycles. The number of carbonyl (C=O) groups is 2. The summed E-state index contributed by atoms with van der Waals surface area (Å²) in [6.45, 7) is 8.92. The maximum absolute atomic E-state index is 12.6. The summed E-state index contributed by atoms with van der Waals surface area (Å²) in [5, 5.41) is 8.86. The highest BCUT2D eigenvalue weighted by Crippen LogP contribution is 2.13. The lowest BCUT2D eigenvalue weighted by Gasteiger charge is -2.30. The zero-order valence-electron chi connectivity index (χ0n) is 16.4. The molecule has 0 bridgehead atoms. The lowest BCUT2D eigenvalue weighted by Crippen LogP contribution is -2.43. The molecule has 1 saturated heterocycles. The summed E-state index contributed by atoms with van der Waals surface area (Å²) in [5.74, 6) is -0.0736. The third-order valence-corrected chi connectivity index (χ3v) is 5.03. The third kappa shape index (κ3) is 6.78. The van der Waals surface area contributed by atoms with Crippen molar-refractivity contribution in [1.82, 2.24) is 9.80 Å². The monoisotopic (exact) mass is 371 g/mol. The highest BCUT2D eigenvalue weighted by Gasteiger charge is 2.18. The van der Waals surface area contributed by atoms with E-state index in [4.69, 9.17) is 10.00 Å². The van der Waals surface area contributed by atoms with Crippen LogP contribution in [-0.4, -0.2) is 67.4 Å². The van der Waals surface area contributed by atoms with Crippen LogP contribution in [0, 0.1) is 25.2 Å². The molecule has 0 spiro atoms. The van der Waals surface area contributed by atoms with E-state index in [2.05, 4.69) is 11.0 Å². The Balaban J connectivity index is 1.86.